The Morgan fingerprint density at radius 2 is 1.80 bits per heavy atom. The van der Waals surface area contributed by atoms with Gasteiger partial charge in [-0.15, -0.1) is 0 Å². The Labute approximate surface area is 182 Å². The molecule has 1 amide bonds. The van der Waals surface area contributed by atoms with Crippen LogP contribution in [0.3, 0.4) is 0 Å². The van der Waals surface area contributed by atoms with Gasteiger partial charge in [0.25, 0.3) is 0 Å². The zero-order valence-electron chi connectivity index (χ0n) is 18.3. The fraction of sp³-hybridized carbons (Fsp3) is 0.458. The number of hydrogen-bond donors (Lipinski definition) is 0. The maximum Gasteiger partial charge on any atom is 0.219 e. The molecule has 0 atom stereocenters. The third-order valence-electron chi connectivity index (χ3n) is 5.78. The number of benzene rings is 1. The largest absolute Gasteiger partial charge is 0.343 e. The average Bonchev–Trinajstić information content (AvgIpc) is 3.07. The van der Waals surface area contributed by atoms with Crippen molar-refractivity contribution in [3.8, 4) is 0 Å². The Kier molecular flexibility index (Phi) is 5.87. The SMILES string of the molecule is CC(=O)N1CCC(Cn2c(C(C)(C)C)nc3cc(Sc4ccncc4)ccc32)CC1. The van der Waals surface area contributed by atoms with Crippen molar-refractivity contribution in [2.24, 2.45) is 5.92 Å². The predicted octanol–water partition coefficient (Wildman–Crippen LogP) is 5.14. The van der Waals surface area contributed by atoms with Crippen LogP contribution in [0.25, 0.3) is 11.0 Å². The first-order valence-electron chi connectivity index (χ1n) is 10.7. The van der Waals surface area contributed by atoms with Gasteiger partial charge in [0.2, 0.25) is 5.91 Å². The molecule has 0 spiro atoms. The van der Waals surface area contributed by atoms with Crippen LogP contribution in [0, 0.1) is 5.92 Å². The molecule has 1 aromatic carbocycles. The van der Waals surface area contributed by atoms with E-state index in [1.54, 1.807) is 18.7 Å². The van der Waals surface area contributed by atoms with E-state index < -0.39 is 0 Å². The fourth-order valence-electron chi connectivity index (χ4n) is 4.16. The second-order valence-electron chi connectivity index (χ2n) is 9.18. The van der Waals surface area contributed by atoms with Crippen LogP contribution in [0.15, 0.2) is 52.5 Å². The van der Waals surface area contributed by atoms with Gasteiger partial charge in [-0.25, -0.2) is 4.98 Å². The summed E-state index contributed by atoms with van der Waals surface area (Å²) in [5.41, 5.74) is 2.23. The first-order valence-corrected chi connectivity index (χ1v) is 11.5. The highest BCUT2D eigenvalue weighted by atomic mass is 32.2. The number of fused-ring (bicyclic) bond motifs is 1. The lowest BCUT2D eigenvalue weighted by Crippen LogP contribution is -2.38. The van der Waals surface area contributed by atoms with E-state index in [9.17, 15) is 4.79 Å². The molecule has 1 fully saturated rings. The molecule has 0 radical (unpaired) electrons. The summed E-state index contributed by atoms with van der Waals surface area (Å²) < 4.78 is 2.42. The summed E-state index contributed by atoms with van der Waals surface area (Å²) in [7, 11) is 0. The Hall–Kier alpha value is -2.34. The fourth-order valence-corrected chi connectivity index (χ4v) is 5.00. The number of rotatable bonds is 4. The number of carbonyl (C=O) groups excluding carboxylic acids is 1. The second-order valence-corrected chi connectivity index (χ2v) is 10.3. The number of nitrogens with zero attached hydrogens (tertiary/aromatic N) is 4. The number of likely N-dealkylation sites (tertiary alicyclic amines) is 1. The second kappa shape index (κ2) is 8.42. The van der Waals surface area contributed by atoms with Gasteiger partial charge in [-0.2, -0.15) is 0 Å². The van der Waals surface area contributed by atoms with Crippen LogP contribution >= 0.6 is 11.8 Å². The van der Waals surface area contributed by atoms with Gasteiger partial charge >= 0.3 is 0 Å². The monoisotopic (exact) mass is 422 g/mol. The molecule has 1 aliphatic rings. The Bertz CT molecular complexity index is 1030. The lowest BCUT2D eigenvalue weighted by atomic mass is 9.93. The molecule has 0 N–H and O–H groups in total. The Morgan fingerprint density at radius 3 is 2.43 bits per heavy atom. The molecular formula is C24H30N4OS. The first kappa shape index (κ1) is 20.9. The van der Waals surface area contributed by atoms with Crippen LogP contribution in [-0.4, -0.2) is 38.4 Å². The molecule has 4 rings (SSSR count). The number of aromatic nitrogens is 3. The van der Waals surface area contributed by atoms with E-state index in [1.807, 2.05) is 29.4 Å². The number of imidazole rings is 1. The normalized spacial score (nSPS) is 15.7. The van der Waals surface area contributed by atoms with E-state index in [4.69, 9.17) is 4.98 Å². The lowest BCUT2D eigenvalue weighted by molar-refractivity contribution is -0.130. The summed E-state index contributed by atoms with van der Waals surface area (Å²) in [4.78, 5) is 25.2. The van der Waals surface area contributed by atoms with Crippen molar-refractivity contribution in [3.05, 3.63) is 48.5 Å². The highest BCUT2D eigenvalue weighted by Gasteiger charge is 2.27. The van der Waals surface area contributed by atoms with E-state index in [0.29, 0.717) is 5.92 Å². The van der Waals surface area contributed by atoms with Gasteiger partial charge in [0.1, 0.15) is 5.82 Å². The molecule has 5 nitrogen and oxygen atoms in total. The molecule has 0 unspecified atom stereocenters. The van der Waals surface area contributed by atoms with Crippen LogP contribution in [0.5, 0.6) is 0 Å². The van der Waals surface area contributed by atoms with Gasteiger partial charge in [-0.1, -0.05) is 32.5 Å². The van der Waals surface area contributed by atoms with E-state index in [1.165, 1.54) is 15.3 Å². The number of pyridine rings is 1. The minimum absolute atomic E-state index is 0.0302. The van der Waals surface area contributed by atoms with Crippen LogP contribution in [-0.2, 0) is 16.8 Å². The van der Waals surface area contributed by atoms with Gasteiger partial charge in [0.15, 0.2) is 0 Å². The molecule has 0 saturated carbocycles. The molecule has 1 saturated heterocycles. The molecule has 3 aromatic rings. The quantitative estimate of drug-likeness (QED) is 0.584. The summed E-state index contributed by atoms with van der Waals surface area (Å²) in [5.74, 6) is 1.90. The topological polar surface area (TPSA) is 51.0 Å². The van der Waals surface area contributed by atoms with Crippen molar-refractivity contribution < 1.29 is 4.79 Å². The van der Waals surface area contributed by atoms with Crippen LogP contribution in [0.2, 0.25) is 0 Å². The average molecular weight is 423 g/mol. The van der Waals surface area contributed by atoms with Crippen LogP contribution in [0.1, 0.15) is 46.4 Å². The Morgan fingerprint density at radius 1 is 1.10 bits per heavy atom. The molecule has 158 valence electrons. The van der Waals surface area contributed by atoms with Gasteiger partial charge in [-0.05, 0) is 49.1 Å². The van der Waals surface area contributed by atoms with Crippen molar-refractivity contribution in [1.82, 2.24) is 19.4 Å². The van der Waals surface area contributed by atoms with Gasteiger partial charge in [0.05, 0.1) is 11.0 Å². The minimum atomic E-state index is -0.0302. The lowest BCUT2D eigenvalue weighted by Gasteiger charge is -2.32. The third kappa shape index (κ3) is 4.53. The standard InChI is InChI=1S/C24H30N4OS/c1-17(29)27-13-9-18(10-14-27)16-28-22-6-5-20(30-19-7-11-25-12-8-19)15-21(22)26-23(28)24(2,3)4/h5-8,11-12,15,18H,9-10,13-14,16H2,1-4H3. The summed E-state index contributed by atoms with van der Waals surface area (Å²) >= 11 is 1.74. The summed E-state index contributed by atoms with van der Waals surface area (Å²) in [6, 6.07) is 10.7. The maximum absolute atomic E-state index is 11.7. The first-order chi connectivity index (χ1) is 14.3. The van der Waals surface area contributed by atoms with Crippen molar-refractivity contribution in [2.45, 2.75) is 62.3 Å². The highest BCUT2D eigenvalue weighted by molar-refractivity contribution is 7.99. The third-order valence-corrected chi connectivity index (χ3v) is 6.77. The minimum Gasteiger partial charge on any atom is -0.343 e. The van der Waals surface area contributed by atoms with E-state index in [2.05, 4.69) is 48.5 Å². The molecule has 6 heteroatoms. The summed E-state index contributed by atoms with van der Waals surface area (Å²) in [6.45, 7) is 11.1. The van der Waals surface area contributed by atoms with Crippen LogP contribution < -0.4 is 0 Å². The molecule has 2 aromatic heterocycles. The van der Waals surface area contributed by atoms with Crippen LogP contribution in [0.4, 0.5) is 0 Å². The molecule has 30 heavy (non-hydrogen) atoms. The van der Waals surface area contributed by atoms with E-state index in [-0.39, 0.29) is 11.3 Å². The number of amides is 1. The smallest absolute Gasteiger partial charge is 0.219 e. The van der Waals surface area contributed by atoms with Gasteiger partial charge < -0.3 is 9.47 Å². The zero-order valence-corrected chi connectivity index (χ0v) is 19.1. The summed E-state index contributed by atoms with van der Waals surface area (Å²) in [5, 5.41) is 0. The number of carbonyl (C=O) groups is 1. The van der Waals surface area contributed by atoms with E-state index >= 15 is 0 Å². The van der Waals surface area contributed by atoms with Gasteiger partial charge in [0, 0.05) is 54.2 Å². The zero-order chi connectivity index (χ0) is 21.3. The molecule has 1 aliphatic heterocycles. The van der Waals surface area contributed by atoms with Crippen molar-refractivity contribution in [3.63, 3.8) is 0 Å². The molecule has 3 heterocycles. The number of hydrogen-bond acceptors (Lipinski definition) is 4. The van der Waals surface area contributed by atoms with Gasteiger partial charge in [-0.3, -0.25) is 9.78 Å². The predicted molar refractivity (Wildman–Crippen MR) is 122 cm³/mol. The Balaban J connectivity index is 1.62. The maximum atomic E-state index is 11.7. The molecule has 0 bridgehead atoms. The van der Waals surface area contributed by atoms with Crippen molar-refractivity contribution in [1.29, 1.82) is 0 Å². The molecule has 0 aliphatic carbocycles. The molecular weight excluding hydrogens is 392 g/mol. The summed E-state index contributed by atoms with van der Waals surface area (Å²) in [6.07, 6.45) is 5.76. The van der Waals surface area contributed by atoms with Crippen molar-refractivity contribution >= 4 is 28.7 Å². The van der Waals surface area contributed by atoms with E-state index in [0.717, 1.165) is 43.8 Å². The number of piperidine rings is 1. The van der Waals surface area contributed by atoms with Crippen molar-refractivity contribution in [2.75, 3.05) is 13.1 Å². The highest BCUT2D eigenvalue weighted by Crippen LogP contribution is 2.33.